The maximum atomic E-state index is 3.65. The average Bonchev–Trinajstić information content (AvgIpc) is 3.22. The van der Waals surface area contributed by atoms with Crippen molar-refractivity contribution in [3.63, 3.8) is 0 Å². The van der Waals surface area contributed by atoms with Gasteiger partial charge in [-0.1, -0.05) is 101 Å². The van der Waals surface area contributed by atoms with Crippen LogP contribution >= 0.6 is 0 Å². The molecule has 3 aromatic rings. The molecule has 0 bridgehead atoms. The van der Waals surface area contributed by atoms with Crippen LogP contribution in [0.25, 0.3) is 0 Å². The highest BCUT2D eigenvalue weighted by Crippen LogP contribution is 2.43. The van der Waals surface area contributed by atoms with Crippen molar-refractivity contribution in [3.05, 3.63) is 90.0 Å². The van der Waals surface area contributed by atoms with Crippen LogP contribution in [-0.2, 0) is 18.4 Å². The van der Waals surface area contributed by atoms with Crippen LogP contribution in [-0.4, -0.2) is 4.98 Å². The van der Waals surface area contributed by atoms with Crippen LogP contribution in [0.3, 0.4) is 0 Å². The fourth-order valence-corrected chi connectivity index (χ4v) is 4.63. The molecule has 0 aliphatic rings. The van der Waals surface area contributed by atoms with Crippen LogP contribution in [0, 0.1) is 0 Å². The third-order valence-corrected chi connectivity index (χ3v) is 6.34. The third-order valence-electron chi connectivity index (χ3n) is 6.34. The standard InChI is InChI=1S/C27H36N2/c1-4-6-18-25(26-28-19-21-29(26)20-7-5-2)27(3,24-16-12-9-13-17-24)22-23-14-10-8-11-15-23/h8-17,19,21,25H,4-7,18,20,22H2,1-3H3/p+1. The third kappa shape index (κ3) is 5.18. The van der Waals surface area contributed by atoms with Gasteiger partial charge in [0, 0.05) is 5.41 Å². The molecule has 0 aliphatic heterocycles. The molecule has 2 nitrogen and oxygen atoms in total. The number of H-pyrrole nitrogens is 1. The van der Waals surface area contributed by atoms with Gasteiger partial charge in [-0.05, 0) is 30.4 Å². The lowest BCUT2D eigenvalue weighted by Gasteiger charge is -2.37. The van der Waals surface area contributed by atoms with Gasteiger partial charge in [0.2, 0.25) is 0 Å². The number of aromatic nitrogens is 2. The number of hydrogen-bond acceptors (Lipinski definition) is 0. The number of benzene rings is 2. The summed E-state index contributed by atoms with van der Waals surface area (Å²) < 4.78 is 2.47. The second-order valence-corrected chi connectivity index (χ2v) is 8.53. The van der Waals surface area contributed by atoms with E-state index in [9.17, 15) is 0 Å². The minimum atomic E-state index is 0.0244. The predicted octanol–water partition coefficient (Wildman–Crippen LogP) is 6.58. The lowest BCUT2D eigenvalue weighted by molar-refractivity contribution is -0.705. The first-order chi connectivity index (χ1) is 14.2. The Labute approximate surface area is 177 Å². The molecule has 29 heavy (non-hydrogen) atoms. The van der Waals surface area contributed by atoms with Crippen molar-refractivity contribution in [3.8, 4) is 0 Å². The Hall–Kier alpha value is -2.35. The Bertz CT molecular complexity index is 837. The molecule has 2 aromatic carbocycles. The van der Waals surface area contributed by atoms with Crippen LogP contribution in [0.5, 0.6) is 0 Å². The molecule has 1 heterocycles. The van der Waals surface area contributed by atoms with Crippen LogP contribution < -0.4 is 4.57 Å². The largest absolute Gasteiger partial charge is 0.258 e. The Kier molecular flexibility index (Phi) is 7.69. The predicted molar refractivity (Wildman–Crippen MR) is 122 cm³/mol. The van der Waals surface area contributed by atoms with Crippen molar-refractivity contribution in [2.24, 2.45) is 0 Å². The number of aromatic amines is 1. The second kappa shape index (κ2) is 10.4. The minimum Gasteiger partial charge on any atom is -0.247 e. The summed E-state index contributed by atoms with van der Waals surface area (Å²) in [5.41, 5.74) is 2.87. The van der Waals surface area contributed by atoms with Gasteiger partial charge in [0.1, 0.15) is 12.4 Å². The summed E-state index contributed by atoms with van der Waals surface area (Å²) in [5, 5.41) is 0. The van der Waals surface area contributed by atoms with E-state index < -0.39 is 0 Å². The molecule has 0 saturated carbocycles. The zero-order chi connectivity index (χ0) is 20.5. The summed E-state index contributed by atoms with van der Waals surface area (Å²) in [6, 6.07) is 22.1. The molecular weight excluding hydrogens is 352 g/mol. The molecule has 0 aliphatic carbocycles. The highest BCUT2D eigenvalue weighted by atomic mass is 15.1. The Morgan fingerprint density at radius 2 is 1.55 bits per heavy atom. The summed E-state index contributed by atoms with van der Waals surface area (Å²) in [4.78, 5) is 3.65. The summed E-state index contributed by atoms with van der Waals surface area (Å²) in [5.74, 6) is 1.83. The summed E-state index contributed by atoms with van der Waals surface area (Å²) >= 11 is 0. The molecular formula is C27H37N2+. The van der Waals surface area contributed by atoms with Crippen LogP contribution in [0.4, 0.5) is 0 Å². The highest BCUT2D eigenvalue weighted by molar-refractivity contribution is 5.32. The average molecular weight is 390 g/mol. The van der Waals surface area contributed by atoms with E-state index in [1.807, 2.05) is 0 Å². The molecule has 2 heteroatoms. The number of unbranched alkanes of at least 4 members (excludes halogenated alkanes) is 2. The van der Waals surface area contributed by atoms with Crippen LogP contribution in [0.2, 0.25) is 0 Å². The molecule has 154 valence electrons. The van der Waals surface area contributed by atoms with Crippen molar-refractivity contribution in [1.82, 2.24) is 4.98 Å². The molecule has 0 saturated heterocycles. The smallest absolute Gasteiger partial charge is 0.247 e. The van der Waals surface area contributed by atoms with E-state index in [4.69, 9.17) is 0 Å². The van der Waals surface area contributed by atoms with Gasteiger partial charge < -0.3 is 0 Å². The molecule has 0 fully saturated rings. The fraction of sp³-hybridized carbons (Fsp3) is 0.444. The zero-order valence-electron chi connectivity index (χ0n) is 18.4. The maximum absolute atomic E-state index is 3.65. The van der Waals surface area contributed by atoms with Gasteiger partial charge in [-0.15, -0.1) is 0 Å². The van der Waals surface area contributed by atoms with Crippen molar-refractivity contribution in [2.45, 2.75) is 77.2 Å². The molecule has 2 unspecified atom stereocenters. The van der Waals surface area contributed by atoms with Crippen molar-refractivity contribution in [2.75, 3.05) is 0 Å². The van der Waals surface area contributed by atoms with Gasteiger partial charge in [0.05, 0.1) is 12.5 Å². The molecule has 0 radical (unpaired) electrons. The molecule has 1 N–H and O–H groups in total. The van der Waals surface area contributed by atoms with E-state index in [0.717, 1.165) is 13.0 Å². The van der Waals surface area contributed by atoms with Gasteiger partial charge in [-0.2, -0.15) is 0 Å². The monoisotopic (exact) mass is 389 g/mol. The number of nitrogens with one attached hydrogen (secondary N) is 1. The lowest BCUT2D eigenvalue weighted by Crippen LogP contribution is -2.43. The van der Waals surface area contributed by atoms with Crippen LogP contribution in [0.1, 0.15) is 75.7 Å². The van der Waals surface area contributed by atoms with Crippen LogP contribution in [0.15, 0.2) is 73.1 Å². The first-order valence-corrected chi connectivity index (χ1v) is 11.3. The van der Waals surface area contributed by atoms with E-state index in [1.54, 1.807) is 0 Å². The quantitative estimate of drug-likeness (QED) is 0.358. The number of hydrogen-bond donors (Lipinski definition) is 1. The number of nitrogens with zero attached hydrogens (tertiary/aromatic N) is 1. The first kappa shape index (κ1) is 21.4. The van der Waals surface area contributed by atoms with Crippen molar-refractivity contribution >= 4 is 0 Å². The topological polar surface area (TPSA) is 19.7 Å². The number of rotatable bonds is 11. The molecule has 3 rings (SSSR count). The van der Waals surface area contributed by atoms with E-state index in [-0.39, 0.29) is 5.41 Å². The van der Waals surface area contributed by atoms with Gasteiger partial charge in [-0.3, -0.25) is 0 Å². The van der Waals surface area contributed by atoms with Gasteiger partial charge in [-0.25, -0.2) is 9.55 Å². The SMILES string of the molecule is CCCCC(c1[nH]cc[n+]1CCCC)C(C)(Cc1ccccc1)c1ccccc1. The van der Waals surface area contributed by atoms with E-state index in [2.05, 4.69) is 103 Å². The molecule has 1 aromatic heterocycles. The molecule has 0 amide bonds. The summed E-state index contributed by atoms with van der Waals surface area (Å²) in [6.45, 7) is 8.13. The van der Waals surface area contributed by atoms with Gasteiger partial charge in [0.25, 0.3) is 5.82 Å². The maximum Gasteiger partial charge on any atom is 0.258 e. The zero-order valence-corrected chi connectivity index (χ0v) is 18.4. The van der Waals surface area contributed by atoms with E-state index in [0.29, 0.717) is 5.92 Å². The normalized spacial score (nSPS) is 14.4. The molecule has 2 atom stereocenters. The highest BCUT2D eigenvalue weighted by Gasteiger charge is 2.41. The number of imidazole rings is 1. The van der Waals surface area contributed by atoms with Gasteiger partial charge >= 0.3 is 0 Å². The van der Waals surface area contributed by atoms with Gasteiger partial charge in [0.15, 0.2) is 0 Å². The molecule has 0 spiro atoms. The van der Waals surface area contributed by atoms with E-state index in [1.165, 1.54) is 49.1 Å². The van der Waals surface area contributed by atoms with E-state index >= 15 is 0 Å². The Morgan fingerprint density at radius 3 is 2.21 bits per heavy atom. The van der Waals surface area contributed by atoms with Crippen molar-refractivity contribution in [1.29, 1.82) is 0 Å². The Morgan fingerprint density at radius 1 is 0.897 bits per heavy atom. The lowest BCUT2D eigenvalue weighted by atomic mass is 9.66. The Balaban J connectivity index is 2.07. The fourth-order valence-electron chi connectivity index (χ4n) is 4.63. The summed E-state index contributed by atoms with van der Waals surface area (Å²) in [6.07, 6.45) is 11.5. The number of aryl methyl sites for hydroxylation is 1. The summed E-state index contributed by atoms with van der Waals surface area (Å²) in [7, 11) is 0. The first-order valence-electron chi connectivity index (χ1n) is 11.3. The second-order valence-electron chi connectivity index (χ2n) is 8.53. The minimum absolute atomic E-state index is 0.0244. The van der Waals surface area contributed by atoms with Crippen molar-refractivity contribution < 1.29 is 4.57 Å².